The van der Waals surface area contributed by atoms with E-state index in [1.165, 1.54) is 6.08 Å². The third-order valence-electron chi connectivity index (χ3n) is 6.03. The average Bonchev–Trinajstić information content (AvgIpc) is 3.07. The maximum Gasteiger partial charge on any atom is 0.336 e. The summed E-state index contributed by atoms with van der Waals surface area (Å²) in [6, 6.07) is 21.8. The fourth-order valence-corrected chi connectivity index (χ4v) is 3.64. The van der Waals surface area contributed by atoms with Crippen molar-refractivity contribution in [3.05, 3.63) is 115 Å². The van der Waals surface area contributed by atoms with Crippen LogP contribution in [0.1, 0.15) is 36.8 Å². The Kier molecular flexibility index (Phi) is 14.9. The molecular weight excluding hydrogens is 574 g/mol. The van der Waals surface area contributed by atoms with Crippen molar-refractivity contribution in [1.82, 2.24) is 0 Å². The Balaban J connectivity index is 1.35. The van der Waals surface area contributed by atoms with Gasteiger partial charge in [0.15, 0.2) is 0 Å². The van der Waals surface area contributed by atoms with Crippen molar-refractivity contribution in [2.24, 2.45) is 4.99 Å². The van der Waals surface area contributed by atoms with Gasteiger partial charge in [0, 0.05) is 24.4 Å². The molecule has 0 aliphatic heterocycles. The first kappa shape index (κ1) is 34.1. The first-order valence-electron chi connectivity index (χ1n) is 14.5. The van der Waals surface area contributed by atoms with Gasteiger partial charge in [-0.05, 0) is 104 Å². The molecule has 3 aromatic rings. The highest BCUT2D eigenvalue weighted by atomic mass is 16.5. The Morgan fingerprint density at radius 1 is 0.578 bits per heavy atom. The minimum Gasteiger partial charge on any atom is -0.494 e. The summed E-state index contributed by atoms with van der Waals surface area (Å²) < 4.78 is 26.6. The van der Waals surface area contributed by atoms with Crippen molar-refractivity contribution in [3.63, 3.8) is 0 Å². The highest BCUT2D eigenvalue weighted by Crippen LogP contribution is 2.20. The second-order valence-electron chi connectivity index (χ2n) is 9.50. The van der Waals surface area contributed by atoms with Crippen LogP contribution in [-0.2, 0) is 23.9 Å². The van der Waals surface area contributed by atoms with E-state index in [0.29, 0.717) is 56.5 Å². The molecule has 0 aliphatic carbocycles. The largest absolute Gasteiger partial charge is 0.494 e. The second kappa shape index (κ2) is 19.7. The molecule has 0 heterocycles. The maximum absolute atomic E-state index is 12.3. The SMILES string of the molecule is C=CC(=O)OCCCCOc1ccc(C=CC(=O)Oc2ccc(N=Cc3ccc(OCCCCOC(=O)C=C)cc3)cc2)cc1. The summed E-state index contributed by atoms with van der Waals surface area (Å²) in [6.45, 7) is 8.41. The number of benzene rings is 3. The number of aliphatic imine (C=N–C) groups is 1. The number of rotatable bonds is 19. The third kappa shape index (κ3) is 14.1. The van der Waals surface area contributed by atoms with Crippen LogP contribution < -0.4 is 14.2 Å². The van der Waals surface area contributed by atoms with Gasteiger partial charge in [-0.3, -0.25) is 4.99 Å². The van der Waals surface area contributed by atoms with Gasteiger partial charge >= 0.3 is 17.9 Å². The van der Waals surface area contributed by atoms with E-state index in [1.54, 1.807) is 36.6 Å². The Morgan fingerprint density at radius 2 is 1.04 bits per heavy atom. The summed E-state index contributed by atoms with van der Waals surface area (Å²) in [4.78, 5) is 38.7. The zero-order valence-electron chi connectivity index (χ0n) is 25.1. The molecule has 0 radical (unpaired) electrons. The van der Waals surface area contributed by atoms with Crippen molar-refractivity contribution in [2.45, 2.75) is 25.7 Å². The number of hydrogen-bond acceptors (Lipinski definition) is 9. The highest BCUT2D eigenvalue weighted by Gasteiger charge is 2.02. The number of unbranched alkanes of at least 4 members (excludes halogenated alkanes) is 2. The van der Waals surface area contributed by atoms with Crippen LogP contribution in [0.25, 0.3) is 6.08 Å². The Morgan fingerprint density at radius 3 is 1.56 bits per heavy atom. The Labute approximate surface area is 263 Å². The Hall–Kier alpha value is -5.44. The lowest BCUT2D eigenvalue weighted by Crippen LogP contribution is -2.04. The molecule has 3 aromatic carbocycles. The van der Waals surface area contributed by atoms with Crippen molar-refractivity contribution in [1.29, 1.82) is 0 Å². The first-order valence-corrected chi connectivity index (χ1v) is 14.5. The van der Waals surface area contributed by atoms with Gasteiger partial charge in [0.25, 0.3) is 0 Å². The van der Waals surface area contributed by atoms with Crippen LogP contribution in [0.4, 0.5) is 5.69 Å². The topological polar surface area (TPSA) is 110 Å². The van der Waals surface area contributed by atoms with Crippen LogP contribution >= 0.6 is 0 Å². The fourth-order valence-electron chi connectivity index (χ4n) is 3.64. The molecule has 0 aromatic heterocycles. The molecular formula is C36H37NO8. The van der Waals surface area contributed by atoms with Gasteiger partial charge in [-0.2, -0.15) is 0 Å². The van der Waals surface area contributed by atoms with E-state index in [4.69, 9.17) is 23.7 Å². The maximum atomic E-state index is 12.3. The smallest absolute Gasteiger partial charge is 0.336 e. The monoisotopic (exact) mass is 611 g/mol. The van der Waals surface area contributed by atoms with Gasteiger partial charge in [0.05, 0.1) is 32.1 Å². The van der Waals surface area contributed by atoms with E-state index in [1.807, 2.05) is 48.5 Å². The lowest BCUT2D eigenvalue weighted by Gasteiger charge is -2.06. The van der Waals surface area contributed by atoms with Gasteiger partial charge in [0.1, 0.15) is 17.2 Å². The van der Waals surface area contributed by atoms with Crippen LogP contribution in [0.3, 0.4) is 0 Å². The predicted octanol–water partition coefficient (Wildman–Crippen LogP) is 6.83. The summed E-state index contributed by atoms with van der Waals surface area (Å²) in [7, 11) is 0. The van der Waals surface area contributed by atoms with Gasteiger partial charge < -0.3 is 23.7 Å². The van der Waals surface area contributed by atoms with Crippen LogP contribution in [0.15, 0.2) is 109 Å². The van der Waals surface area contributed by atoms with Crippen LogP contribution in [-0.4, -0.2) is 50.6 Å². The van der Waals surface area contributed by atoms with Crippen molar-refractivity contribution < 1.29 is 38.1 Å². The second-order valence-corrected chi connectivity index (χ2v) is 9.50. The molecule has 0 fully saturated rings. The van der Waals surface area contributed by atoms with Crippen LogP contribution in [0, 0.1) is 0 Å². The minimum absolute atomic E-state index is 0.334. The summed E-state index contributed by atoms with van der Waals surface area (Å²) in [6.07, 6.45) is 9.98. The predicted molar refractivity (Wildman–Crippen MR) is 173 cm³/mol. The molecule has 0 spiro atoms. The molecule has 234 valence electrons. The zero-order chi connectivity index (χ0) is 32.1. The van der Waals surface area contributed by atoms with E-state index in [2.05, 4.69) is 18.2 Å². The third-order valence-corrected chi connectivity index (χ3v) is 6.03. The molecule has 9 nitrogen and oxygen atoms in total. The molecule has 0 saturated heterocycles. The van der Waals surface area contributed by atoms with Crippen molar-refractivity contribution in [3.8, 4) is 17.2 Å². The number of esters is 3. The molecule has 0 amide bonds. The van der Waals surface area contributed by atoms with Crippen LogP contribution in [0.5, 0.6) is 17.2 Å². The highest BCUT2D eigenvalue weighted by molar-refractivity contribution is 5.89. The molecule has 0 unspecified atom stereocenters. The lowest BCUT2D eigenvalue weighted by molar-refractivity contribution is -0.138. The van der Waals surface area contributed by atoms with E-state index >= 15 is 0 Å². The molecule has 0 N–H and O–H groups in total. The van der Waals surface area contributed by atoms with Gasteiger partial charge in [-0.1, -0.05) is 25.3 Å². The molecule has 0 bridgehead atoms. The Bertz CT molecular complexity index is 1440. The standard InChI is InChI=1S/C36H37NO8/c1-3-34(38)43-25-7-5-23-41-31-16-9-28(10-17-31)13-22-36(40)45-33-20-14-30(15-21-33)37-27-29-11-18-32(19-12-29)42-24-6-8-26-44-35(39)4-2/h3-4,9-22,27H,1-2,5-8,23-26H2. The number of nitrogens with zero attached hydrogens (tertiary/aromatic N) is 1. The van der Waals surface area contributed by atoms with E-state index < -0.39 is 17.9 Å². The molecule has 0 atom stereocenters. The number of carbonyl (C=O) groups excluding carboxylic acids is 3. The lowest BCUT2D eigenvalue weighted by atomic mass is 10.2. The number of carbonyl (C=O) groups is 3. The van der Waals surface area contributed by atoms with Gasteiger partial charge in [-0.15, -0.1) is 0 Å². The van der Waals surface area contributed by atoms with E-state index in [9.17, 15) is 14.4 Å². The minimum atomic E-state index is -0.498. The van der Waals surface area contributed by atoms with Crippen LogP contribution in [0.2, 0.25) is 0 Å². The zero-order valence-corrected chi connectivity index (χ0v) is 25.1. The van der Waals surface area contributed by atoms with Gasteiger partial charge in [-0.25, -0.2) is 14.4 Å². The molecule has 0 aliphatic rings. The van der Waals surface area contributed by atoms with E-state index in [0.717, 1.165) is 41.9 Å². The normalized spacial score (nSPS) is 10.8. The summed E-state index contributed by atoms with van der Waals surface area (Å²) in [5.41, 5.74) is 2.44. The molecule has 45 heavy (non-hydrogen) atoms. The summed E-state index contributed by atoms with van der Waals surface area (Å²) in [5, 5.41) is 0. The summed E-state index contributed by atoms with van der Waals surface area (Å²) in [5.74, 6) is 0.523. The molecule has 0 saturated carbocycles. The quantitative estimate of drug-likeness (QED) is 0.0477. The molecule has 3 rings (SSSR count). The average molecular weight is 612 g/mol. The van der Waals surface area contributed by atoms with Crippen molar-refractivity contribution in [2.75, 3.05) is 26.4 Å². The molecule has 9 heteroatoms. The van der Waals surface area contributed by atoms with E-state index in [-0.39, 0.29) is 0 Å². The number of hydrogen-bond donors (Lipinski definition) is 0. The van der Waals surface area contributed by atoms with Crippen molar-refractivity contribution >= 4 is 35.9 Å². The first-order chi connectivity index (χ1) is 21.9. The number of ether oxygens (including phenoxy) is 5. The summed E-state index contributed by atoms with van der Waals surface area (Å²) >= 11 is 0. The van der Waals surface area contributed by atoms with Gasteiger partial charge in [0.2, 0.25) is 0 Å². The fraction of sp³-hybridized carbons (Fsp3) is 0.222.